The smallest absolute Gasteiger partial charge is 0.231 e. The second-order valence-corrected chi connectivity index (χ2v) is 4.16. The highest BCUT2D eigenvalue weighted by Crippen LogP contribution is 2.16. The van der Waals surface area contributed by atoms with E-state index in [0.717, 1.165) is 17.8 Å². The van der Waals surface area contributed by atoms with Crippen LogP contribution in [0.2, 0.25) is 0 Å². The van der Waals surface area contributed by atoms with Crippen molar-refractivity contribution in [3.63, 3.8) is 0 Å². The maximum absolute atomic E-state index is 12.7. The predicted octanol–water partition coefficient (Wildman–Crippen LogP) is 3.31. The fraction of sp³-hybridized carbons (Fsp3) is 0.385. The molecule has 1 atom stereocenters. The standard InChI is InChI=1S/C13H15FN2O/c1-3-9(2)13-15-12(17-16-13)8-10-4-6-11(14)7-5-10/h4-7,9H,3,8H2,1-2H3/t9-/m1/s1. The minimum absolute atomic E-state index is 0.237. The van der Waals surface area contributed by atoms with Crippen LogP contribution >= 0.6 is 0 Å². The van der Waals surface area contributed by atoms with Crippen molar-refractivity contribution in [2.24, 2.45) is 0 Å². The Labute approximate surface area is 99.7 Å². The second kappa shape index (κ2) is 5.08. The Morgan fingerprint density at radius 3 is 2.65 bits per heavy atom. The van der Waals surface area contributed by atoms with Crippen LogP contribution in [0, 0.1) is 5.82 Å². The van der Waals surface area contributed by atoms with Gasteiger partial charge in [0.05, 0.1) is 6.42 Å². The van der Waals surface area contributed by atoms with Crippen LogP contribution in [0.5, 0.6) is 0 Å². The minimum Gasteiger partial charge on any atom is -0.339 e. The summed E-state index contributed by atoms with van der Waals surface area (Å²) in [6, 6.07) is 6.31. The van der Waals surface area contributed by atoms with Gasteiger partial charge in [0.2, 0.25) is 5.89 Å². The van der Waals surface area contributed by atoms with Crippen LogP contribution < -0.4 is 0 Å². The van der Waals surface area contributed by atoms with E-state index in [-0.39, 0.29) is 5.82 Å². The number of aromatic nitrogens is 2. The first-order valence-electron chi connectivity index (χ1n) is 5.76. The van der Waals surface area contributed by atoms with Crippen molar-refractivity contribution >= 4 is 0 Å². The first-order chi connectivity index (χ1) is 8.19. The van der Waals surface area contributed by atoms with Gasteiger partial charge in [-0.1, -0.05) is 31.1 Å². The van der Waals surface area contributed by atoms with E-state index in [1.165, 1.54) is 12.1 Å². The summed E-state index contributed by atoms with van der Waals surface area (Å²) in [5.41, 5.74) is 0.964. The SMILES string of the molecule is CC[C@@H](C)c1noc(Cc2ccc(F)cc2)n1. The molecule has 4 heteroatoms. The molecule has 3 nitrogen and oxygen atoms in total. The molecule has 2 rings (SSSR count). The largest absolute Gasteiger partial charge is 0.339 e. The Bertz CT molecular complexity index is 478. The summed E-state index contributed by atoms with van der Waals surface area (Å²) in [7, 11) is 0. The van der Waals surface area contributed by atoms with Gasteiger partial charge in [0.1, 0.15) is 5.82 Å². The molecule has 0 aliphatic rings. The Morgan fingerprint density at radius 2 is 2.00 bits per heavy atom. The molecule has 1 heterocycles. The molecule has 1 aromatic heterocycles. The summed E-state index contributed by atoms with van der Waals surface area (Å²) >= 11 is 0. The Balaban J connectivity index is 2.08. The van der Waals surface area contributed by atoms with E-state index in [2.05, 4.69) is 24.0 Å². The lowest BCUT2D eigenvalue weighted by Crippen LogP contribution is -1.95. The highest BCUT2D eigenvalue weighted by Gasteiger charge is 2.12. The first kappa shape index (κ1) is 11.8. The Hall–Kier alpha value is -1.71. The molecule has 0 bridgehead atoms. The molecule has 0 fully saturated rings. The van der Waals surface area contributed by atoms with Gasteiger partial charge >= 0.3 is 0 Å². The lowest BCUT2D eigenvalue weighted by Gasteiger charge is -1.99. The molecule has 0 saturated carbocycles. The van der Waals surface area contributed by atoms with Crippen molar-refractivity contribution in [3.8, 4) is 0 Å². The van der Waals surface area contributed by atoms with E-state index in [1.54, 1.807) is 12.1 Å². The van der Waals surface area contributed by atoms with E-state index < -0.39 is 0 Å². The van der Waals surface area contributed by atoms with Crippen molar-refractivity contribution in [1.82, 2.24) is 10.1 Å². The molecule has 0 spiro atoms. The predicted molar refractivity (Wildman–Crippen MR) is 62.2 cm³/mol. The van der Waals surface area contributed by atoms with Crippen molar-refractivity contribution in [2.75, 3.05) is 0 Å². The monoisotopic (exact) mass is 234 g/mol. The van der Waals surface area contributed by atoms with E-state index in [4.69, 9.17) is 4.52 Å². The zero-order valence-corrected chi connectivity index (χ0v) is 9.98. The van der Waals surface area contributed by atoms with Crippen LogP contribution in [0.4, 0.5) is 4.39 Å². The number of halogens is 1. The third-order valence-corrected chi connectivity index (χ3v) is 2.81. The minimum atomic E-state index is -0.237. The molecule has 0 unspecified atom stereocenters. The fourth-order valence-corrected chi connectivity index (χ4v) is 1.50. The normalized spacial score (nSPS) is 12.6. The average Bonchev–Trinajstić information content (AvgIpc) is 2.80. The maximum Gasteiger partial charge on any atom is 0.231 e. The summed E-state index contributed by atoms with van der Waals surface area (Å²) < 4.78 is 17.9. The number of hydrogen-bond donors (Lipinski definition) is 0. The molecule has 0 N–H and O–H groups in total. The molecule has 90 valence electrons. The Morgan fingerprint density at radius 1 is 1.29 bits per heavy atom. The van der Waals surface area contributed by atoms with Crippen LogP contribution in [0.3, 0.4) is 0 Å². The zero-order valence-electron chi connectivity index (χ0n) is 9.98. The van der Waals surface area contributed by atoms with Gasteiger partial charge in [-0.3, -0.25) is 0 Å². The van der Waals surface area contributed by atoms with Gasteiger partial charge in [0.25, 0.3) is 0 Å². The van der Waals surface area contributed by atoms with E-state index in [0.29, 0.717) is 18.2 Å². The topological polar surface area (TPSA) is 38.9 Å². The summed E-state index contributed by atoms with van der Waals surface area (Å²) in [5, 5.41) is 3.94. The number of hydrogen-bond acceptors (Lipinski definition) is 3. The number of nitrogens with zero attached hydrogens (tertiary/aromatic N) is 2. The number of benzene rings is 1. The third kappa shape index (κ3) is 2.90. The summed E-state index contributed by atoms with van der Waals surface area (Å²) in [6.45, 7) is 4.15. The van der Waals surface area contributed by atoms with Crippen LogP contribution in [-0.4, -0.2) is 10.1 Å². The second-order valence-electron chi connectivity index (χ2n) is 4.16. The molecule has 17 heavy (non-hydrogen) atoms. The van der Waals surface area contributed by atoms with Gasteiger partial charge in [-0.05, 0) is 24.1 Å². The van der Waals surface area contributed by atoms with Crippen LogP contribution in [0.25, 0.3) is 0 Å². The van der Waals surface area contributed by atoms with Crippen molar-refractivity contribution in [3.05, 3.63) is 47.4 Å². The van der Waals surface area contributed by atoms with E-state index in [1.807, 2.05) is 0 Å². The van der Waals surface area contributed by atoms with Gasteiger partial charge in [0, 0.05) is 5.92 Å². The summed E-state index contributed by atoms with van der Waals surface area (Å²) in [5.74, 6) is 1.39. The van der Waals surface area contributed by atoms with Gasteiger partial charge in [-0.2, -0.15) is 4.98 Å². The summed E-state index contributed by atoms with van der Waals surface area (Å²) in [4.78, 5) is 4.33. The zero-order chi connectivity index (χ0) is 12.3. The quantitative estimate of drug-likeness (QED) is 0.814. The molecule has 0 radical (unpaired) electrons. The lowest BCUT2D eigenvalue weighted by molar-refractivity contribution is 0.376. The maximum atomic E-state index is 12.7. The third-order valence-electron chi connectivity index (χ3n) is 2.81. The van der Waals surface area contributed by atoms with Crippen LogP contribution in [-0.2, 0) is 6.42 Å². The molecule has 2 aromatic rings. The van der Waals surface area contributed by atoms with Crippen LogP contribution in [0.1, 0.15) is 43.5 Å². The molecule has 0 aliphatic heterocycles. The number of rotatable bonds is 4. The van der Waals surface area contributed by atoms with E-state index in [9.17, 15) is 4.39 Å². The molecule has 1 aromatic carbocycles. The van der Waals surface area contributed by atoms with Crippen LogP contribution in [0.15, 0.2) is 28.8 Å². The first-order valence-corrected chi connectivity index (χ1v) is 5.76. The molecular weight excluding hydrogens is 219 g/mol. The Kier molecular flexibility index (Phi) is 3.52. The summed E-state index contributed by atoms with van der Waals surface area (Å²) in [6.07, 6.45) is 1.53. The van der Waals surface area contributed by atoms with Gasteiger partial charge < -0.3 is 4.52 Å². The van der Waals surface area contributed by atoms with Gasteiger partial charge in [0.15, 0.2) is 5.82 Å². The molecular formula is C13H15FN2O. The van der Waals surface area contributed by atoms with Gasteiger partial charge in [-0.15, -0.1) is 0 Å². The van der Waals surface area contributed by atoms with Crippen molar-refractivity contribution in [2.45, 2.75) is 32.6 Å². The molecule has 0 aliphatic carbocycles. The average molecular weight is 234 g/mol. The van der Waals surface area contributed by atoms with Crippen molar-refractivity contribution < 1.29 is 8.91 Å². The van der Waals surface area contributed by atoms with Gasteiger partial charge in [-0.25, -0.2) is 4.39 Å². The van der Waals surface area contributed by atoms with E-state index >= 15 is 0 Å². The molecule has 0 saturated heterocycles. The highest BCUT2D eigenvalue weighted by atomic mass is 19.1. The fourth-order valence-electron chi connectivity index (χ4n) is 1.50. The lowest BCUT2D eigenvalue weighted by atomic mass is 10.1. The van der Waals surface area contributed by atoms with Crippen molar-refractivity contribution in [1.29, 1.82) is 0 Å². The molecule has 0 amide bonds. The highest BCUT2D eigenvalue weighted by molar-refractivity contribution is 5.19.